The average molecular weight is 334 g/mol. The van der Waals surface area contributed by atoms with Crippen molar-refractivity contribution in [2.75, 3.05) is 18.5 Å². The maximum Gasteiger partial charge on any atom is 0.269 e. The molecule has 1 amide bonds. The molecule has 1 aromatic heterocycles. The fourth-order valence-electron chi connectivity index (χ4n) is 1.69. The Balaban J connectivity index is 1.96. The predicted molar refractivity (Wildman–Crippen MR) is 77.5 cm³/mol. The van der Waals surface area contributed by atoms with E-state index in [0.717, 1.165) is 24.2 Å². The molecule has 0 bridgehead atoms. The summed E-state index contributed by atoms with van der Waals surface area (Å²) in [4.78, 5) is 11.5. The van der Waals surface area contributed by atoms with Crippen molar-refractivity contribution < 1.29 is 17.9 Å². The molecule has 0 spiro atoms. The molecule has 0 radical (unpaired) electrons. The molecule has 2 rings (SSSR count). The number of amides is 1. The second-order valence-corrected chi connectivity index (χ2v) is 7.92. The highest BCUT2D eigenvalue weighted by molar-refractivity contribution is 7.91. The van der Waals surface area contributed by atoms with Crippen LogP contribution < -0.4 is 10.0 Å². The third-order valence-corrected chi connectivity index (χ3v) is 5.55. The molecule has 1 aromatic rings. The Bertz CT molecular complexity index is 593. The van der Waals surface area contributed by atoms with Crippen LogP contribution in [-0.4, -0.2) is 43.8 Å². The van der Waals surface area contributed by atoms with Crippen LogP contribution in [0, 0.1) is 5.92 Å². The van der Waals surface area contributed by atoms with Crippen LogP contribution in [0.25, 0.3) is 0 Å². The lowest BCUT2D eigenvalue weighted by atomic mass is 10.2. The lowest BCUT2D eigenvalue weighted by molar-refractivity contribution is -0.118. The van der Waals surface area contributed by atoms with Gasteiger partial charge in [0.15, 0.2) is 0 Å². The first-order chi connectivity index (χ1) is 9.88. The normalized spacial score (nSPS) is 19.1. The molecule has 1 aliphatic rings. The number of ether oxygens (including phenoxy) is 1. The van der Waals surface area contributed by atoms with Crippen LogP contribution >= 0.6 is 11.3 Å². The summed E-state index contributed by atoms with van der Waals surface area (Å²) in [5.74, 6) is -0.450. The summed E-state index contributed by atoms with van der Waals surface area (Å²) in [5, 5.41) is 9.97. The van der Waals surface area contributed by atoms with Crippen LogP contribution in [0.1, 0.15) is 26.7 Å². The van der Waals surface area contributed by atoms with Gasteiger partial charge < -0.3 is 10.1 Å². The van der Waals surface area contributed by atoms with Gasteiger partial charge >= 0.3 is 0 Å². The largest absolute Gasteiger partial charge is 0.377 e. The van der Waals surface area contributed by atoms with E-state index in [1.54, 1.807) is 13.8 Å². The van der Waals surface area contributed by atoms with E-state index in [4.69, 9.17) is 4.74 Å². The van der Waals surface area contributed by atoms with Gasteiger partial charge in [-0.2, -0.15) is 0 Å². The monoisotopic (exact) mass is 334 g/mol. The Labute approximate surface area is 127 Å². The lowest BCUT2D eigenvalue weighted by Gasteiger charge is -2.09. The highest BCUT2D eigenvalue weighted by atomic mass is 32.2. The SMILES string of the molecule is CC(C)C(=O)Nc1nnc(S(=O)(=O)NC[C@H]2CCCO2)s1. The molecule has 1 atom stereocenters. The maximum absolute atomic E-state index is 12.1. The smallest absolute Gasteiger partial charge is 0.269 e. The van der Waals surface area contributed by atoms with E-state index >= 15 is 0 Å². The summed E-state index contributed by atoms with van der Waals surface area (Å²) in [6.07, 6.45) is 1.69. The zero-order valence-corrected chi connectivity index (χ0v) is 13.5. The van der Waals surface area contributed by atoms with Gasteiger partial charge in [0.05, 0.1) is 6.10 Å². The number of nitrogens with zero attached hydrogens (tertiary/aromatic N) is 2. The molecule has 118 valence electrons. The summed E-state index contributed by atoms with van der Waals surface area (Å²) in [6.45, 7) is 4.35. The molecule has 0 unspecified atom stereocenters. The van der Waals surface area contributed by atoms with E-state index in [1.165, 1.54) is 0 Å². The summed E-state index contributed by atoms with van der Waals surface area (Å²) in [5.41, 5.74) is 0. The average Bonchev–Trinajstić information content (AvgIpc) is 3.07. The minimum atomic E-state index is -3.72. The number of aromatic nitrogens is 2. The zero-order valence-electron chi connectivity index (χ0n) is 11.8. The Morgan fingerprint density at radius 1 is 1.48 bits per heavy atom. The maximum atomic E-state index is 12.1. The van der Waals surface area contributed by atoms with Gasteiger partial charge in [0, 0.05) is 19.1 Å². The molecule has 0 aromatic carbocycles. The van der Waals surface area contributed by atoms with Crippen molar-refractivity contribution in [1.82, 2.24) is 14.9 Å². The van der Waals surface area contributed by atoms with Crippen molar-refractivity contribution in [2.24, 2.45) is 5.92 Å². The third kappa shape index (κ3) is 4.43. The van der Waals surface area contributed by atoms with Crippen LogP contribution in [0.15, 0.2) is 4.34 Å². The molecule has 0 aliphatic carbocycles. The fourth-order valence-corrected chi connectivity index (χ4v) is 3.70. The van der Waals surface area contributed by atoms with Gasteiger partial charge in [-0.3, -0.25) is 4.79 Å². The van der Waals surface area contributed by atoms with Gasteiger partial charge in [0.1, 0.15) is 0 Å². The number of sulfonamides is 1. The molecule has 2 N–H and O–H groups in total. The van der Waals surface area contributed by atoms with Gasteiger partial charge in [-0.05, 0) is 12.8 Å². The summed E-state index contributed by atoms with van der Waals surface area (Å²) < 4.78 is 31.7. The van der Waals surface area contributed by atoms with Crippen LogP contribution in [0.4, 0.5) is 5.13 Å². The second kappa shape index (κ2) is 6.77. The zero-order chi connectivity index (χ0) is 15.5. The third-order valence-electron chi connectivity index (χ3n) is 2.92. The Morgan fingerprint density at radius 2 is 2.24 bits per heavy atom. The Hall–Kier alpha value is -1.10. The van der Waals surface area contributed by atoms with Crippen molar-refractivity contribution in [3.8, 4) is 0 Å². The first kappa shape index (κ1) is 16.3. The van der Waals surface area contributed by atoms with E-state index in [-0.39, 0.29) is 33.9 Å². The molecular weight excluding hydrogens is 316 g/mol. The van der Waals surface area contributed by atoms with Crippen LogP contribution in [0.3, 0.4) is 0 Å². The number of carbonyl (C=O) groups is 1. The number of anilines is 1. The number of rotatable bonds is 6. The van der Waals surface area contributed by atoms with Gasteiger partial charge in [-0.15, -0.1) is 10.2 Å². The molecule has 10 heteroatoms. The molecule has 1 fully saturated rings. The highest BCUT2D eigenvalue weighted by Gasteiger charge is 2.24. The minimum Gasteiger partial charge on any atom is -0.377 e. The Kier molecular flexibility index (Phi) is 5.25. The molecular formula is C11H18N4O4S2. The number of carbonyl (C=O) groups excluding carboxylic acids is 1. The second-order valence-electron chi connectivity index (χ2n) is 5.00. The first-order valence-electron chi connectivity index (χ1n) is 6.64. The highest BCUT2D eigenvalue weighted by Crippen LogP contribution is 2.20. The summed E-state index contributed by atoms with van der Waals surface area (Å²) in [6, 6.07) is 0. The van der Waals surface area contributed by atoms with Gasteiger partial charge in [-0.1, -0.05) is 25.2 Å². The number of nitrogens with one attached hydrogen (secondary N) is 2. The topological polar surface area (TPSA) is 110 Å². The number of hydrogen-bond donors (Lipinski definition) is 2. The predicted octanol–water partition coefficient (Wildman–Crippen LogP) is 0.590. The van der Waals surface area contributed by atoms with Crippen molar-refractivity contribution >= 4 is 32.4 Å². The molecule has 21 heavy (non-hydrogen) atoms. The molecule has 2 heterocycles. The van der Waals surface area contributed by atoms with Crippen molar-refractivity contribution in [3.63, 3.8) is 0 Å². The van der Waals surface area contributed by atoms with Gasteiger partial charge in [0.2, 0.25) is 15.4 Å². The van der Waals surface area contributed by atoms with Crippen molar-refractivity contribution in [3.05, 3.63) is 0 Å². The quantitative estimate of drug-likeness (QED) is 0.737. The van der Waals surface area contributed by atoms with Crippen LogP contribution in [-0.2, 0) is 19.6 Å². The summed E-state index contributed by atoms with van der Waals surface area (Å²) >= 11 is 0.823. The van der Waals surface area contributed by atoms with E-state index in [0.29, 0.717) is 6.61 Å². The standard InChI is InChI=1S/C11H18N4O4S2/c1-7(2)9(16)13-10-14-15-11(20-10)21(17,18)12-6-8-4-3-5-19-8/h7-8,12H,3-6H2,1-2H3,(H,13,14,16)/t8-/m1/s1. The lowest BCUT2D eigenvalue weighted by Crippen LogP contribution is -2.31. The summed E-state index contributed by atoms with van der Waals surface area (Å²) in [7, 11) is -3.72. The number of hydrogen-bond acceptors (Lipinski definition) is 7. The fraction of sp³-hybridized carbons (Fsp3) is 0.727. The van der Waals surface area contributed by atoms with E-state index < -0.39 is 10.0 Å². The molecule has 1 saturated heterocycles. The van der Waals surface area contributed by atoms with Gasteiger partial charge in [0.25, 0.3) is 10.0 Å². The van der Waals surface area contributed by atoms with Gasteiger partial charge in [-0.25, -0.2) is 13.1 Å². The molecule has 0 saturated carbocycles. The van der Waals surface area contributed by atoms with Crippen LogP contribution in [0.2, 0.25) is 0 Å². The van der Waals surface area contributed by atoms with E-state index in [2.05, 4.69) is 20.2 Å². The van der Waals surface area contributed by atoms with E-state index in [1.807, 2.05) is 0 Å². The van der Waals surface area contributed by atoms with Crippen molar-refractivity contribution in [1.29, 1.82) is 0 Å². The molecule has 8 nitrogen and oxygen atoms in total. The van der Waals surface area contributed by atoms with E-state index in [9.17, 15) is 13.2 Å². The minimum absolute atomic E-state index is 0.0900. The molecule has 1 aliphatic heterocycles. The Morgan fingerprint density at radius 3 is 2.86 bits per heavy atom. The van der Waals surface area contributed by atoms with Crippen LogP contribution in [0.5, 0.6) is 0 Å². The van der Waals surface area contributed by atoms with Crippen molar-refractivity contribution in [2.45, 2.75) is 37.1 Å². The first-order valence-corrected chi connectivity index (χ1v) is 8.94.